The van der Waals surface area contributed by atoms with Gasteiger partial charge in [0.1, 0.15) is 22.3 Å². The summed E-state index contributed by atoms with van der Waals surface area (Å²) in [6.07, 6.45) is 0. The van der Waals surface area contributed by atoms with Crippen molar-refractivity contribution in [2.24, 2.45) is 0 Å². The average molecular weight is 314 g/mol. The van der Waals surface area contributed by atoms with Gasteiger partial charge >= 0.3 is 0 Å². The SMILES string of the molecule is CN(c1ccc(O)cc1)S(=O)(=O)c1cc(N)c(F)cc1F. The zero-order valence-corrected chi connectivity index (χ0v) is 11.7. The van der Waals surface area contributed by atoms with Crippen molar-refractivity contribution in [2.75, 3.05) is 17.1 Å². The van der Waals surface area contributed by atoms with E-state index in [0.717, 1.165) is 10.4 Å². The molecule has 2 aromatic carbocycles. The molecule has 0 aliphatic rings. The topological polar surface area (TPSA) is 83.6 Å². The van der Waals surface area contributed by atoms with Crippen molar-refractivity contribution in [3.05, 3.63) is 48.0 Å². The van der Waals surface area contributed by atoms with Gasteiger partial charge in [-0.3, -0.25) is 4.31 Å². The van der Waals surface area contributed by atoms with Crippen molar-refractivity contribution in [2.45, 2.75) is 4.90 Å². The lowest BCUT2D eigenvalue weighted by atomic mass is 10.3. The molecule has 3 N–H and O–H groups in total. The van der Waals surface area contributed by atoms with Crippen molar-refractivity contribution in [3.63, 3.8) is 0 Å². The smallest absolute Gasteiger partial charge is 0.267 e. The first-order chi connectivity index (χ1) is 9.73. The lowest BCUT2D eigenvalue weighted by molar-refractivity contribution is 0.475. The van der Waals surface area contributed by atoms with E-state index in [1.54, 1.807) is 0 Å². The summed E-state index contributed by atoms with van der Waals surface area (Å²) in [7, 11) is -3.04. The summed E-state index contributed by atoms with van der Waals surface area (Å²) in [4.78, 5) is -0.725. The molecule has 0 unspecified atom stereocenters. The minimum Gasteiger partial charge on any atom is -0.508 e. The third-order valence-electron chi connectivity index (χ3n) is 2.90. The molecule has 5 nitrogen and oxygen atoms in total. The highest BCUT2D eigenvalue weighted by molar-refractivity contribution is 7.92. The Balaban J connectivity index is 2.51. The van der Waals surface area contributed by atoms with E-state index >= 15 is 0 Å². The maximum atomic E-state index is 13.7. The van der Waals surface area contributed by atoms with E-state index in [1.165, 1.54) is 31.3 Å². The summed E-state index contributed by atoms with van der Waals surface area (Å²) in [6, 6.07) is 6.42. The van der Waals surface area contributed by atoms with Crippen LogP contribution in [0.2, 0.25) is 0 Å². The van der Waals surface area contributed by atoms with Crippen LogP contribution >= 0.6 is 0 Å². The summed E-state index contributed by atoms with van der Waals surface area (Å²) in [5, 5.41) is 9.18. The maximum absolute atomic E-state index is 13.7. The molecular formula is C13H12F2N2O3S. The van der Waals surface area contributed by atoms with E-state index in [0.29, 0.717) is 6.07 Å². The normalized spacial score (nSPS) is 11.4. The third-order valence-corrected chi connectivity index (χ3v) is 4.70. The molecule has 0 saturated heterocycles. The number of aromatic hydroxyl groups is 1. The summed E-state index contributed by atoms with van der Waals surface area (Å²) in [5.41, 5.74) is 5.03. The second-order valence-electron chi connectivity index (χ2n) is 4.29. The van der Waals surface area contributed by atoms with E-state index in [1.807, 2.05) is 0 Å². The van der Waals surface area contributed by atoms with Crippen LogP contribution in [0.4, 0.5) is 20.2 Å². The molecule has 112 valence electrons. The number of nitrogens with zero attached hydrogens (tertiary/aromatic N) is 1. The Bertz CT molecular complexity index is 777. The number of anilines is 2. The number of nitrogens with two attached hydrogens (primary N) is 1. The molecule has 0 saturated carbocycles. The number of hydrogen-bond donors (Lipinski definition) is 2. The molecule has 0 aliphatic heterocycles. The number of phenols is 1. The third kappa shape index (κ3) is 2.75. The molecule has 0 aromatic heterocycles. The van der Waals surface area contributed by atoms with Gasteiger partial charge in [-0.15, -0.1) is 0 Å². The summed E-state index contributed by atoms with van der Waals surface area (Å²) in [5.74, 6) is -2.30. The first-order valence-electron chi connectivity index (χ1n) is 5.76. The quantitative estimate of drug-likeness (QED) is 0.850. The zero-order valence-electron chi connectivity index (χ0n) is 10.9. The Morgan fingerprint density at radius 1 is 1.10 bits per heavy atom. The Morgan fingerprint density at radius 3 is 2.24 bits per heavy atom. The van der Waals surface area contributed by atoms with Gasteiger partial charge < -0.3 is 10.8 Å². The van der Waals surface area contributed by atoms with Crippen LogP contribution in [0.5, 0.6) is 5.75 Å². The highest BCUT2D eigenvalue weighted by atomic mass is 32.2. The Morgan fingerprint density at radius 2 is 1.67 bits per heavy atom. The molecule has 0 aliphatic carbocycles. The van der Waals surface area contributed by atoms with Gasteiger partial charge in [-0.25, -0.2) is 17.2 Å². The number of sulfonamides is 1. The van der Waals surface area contributed by atoms with Gasteiger partial charge in [-0.1, -0.05) is 0 Å². The van der Waals surface area contributed by atoms with Gasteiger partial charge in [0.05, 0.1) is 11.4 Å². The molecule has 0 fully saturated rings. The molecule has 0 atom stereocenters. The molecule has 2 rings (SSSR count). The van der Waals surface area contributed by atoms with Crippen LogP contribution in [0.25, 0.3) is 0 Å². The lowest BCUT2D eigenvalue weighted by Crippen LogP contribution is -2.27. The largest absolute Gasteiger partial charge is 0.508 e. The molecule has 21 heavy (non-hydrogen) atoms. The fraction of sp³-hybridized carbons (Fsp3) is 0.0769. The minimum atomic E-state index is -4.24. The number of hydrogen-bond acceptors (Lipinski definition) is 4. The fourth-order valence-corrected chi connectivity index (χ4v) is 2.97. The van der Waals surface area contributed by atoms with Gasteiger partial charge in [0.15, 0.2) is 0 Å². The molecular weight excluding hydrogens is 302 g/mol. The van der Waals surface area contributed by atoms with Crippen molar-refractivity contribution >= 4 is 21.4 Å². The second kappa shape index (κ2) is 5.21. The Kier molecular flexibility index (Phi) is 3.73. The van der Waals surface area contributed by atoms with E-state index < -0.39 is 32.2 Å². The van der Waals surface area contributed by atoms with Crippen molar-refractivity contribution in [1.29, 1.82) is 0 Å². The van der Waals surface area contributed by atoms with E-state index in [-0.39, 0.29) is 11.4 Å². The van der Waals surface area contributed by atoms with Crippen LogP contribution in [0.15, 0.2) is 41.3 Å². The lowest BCUT2D eigenvalue weighted by Gasteiger charge is -2.20. The first-order valence-corrected chi connectivity index (χ1v) is 7.20. The molecule has 0 radical (unpaired) electrons. The Labute approximate surface area is 120 Å². The molecule has 8 heteroatoms. The molecule has 0 heterocycles. The van der Waals surface area contributed by atoms with Gasteiger partial charge in [-0.2, -0.15) is 0 Å². The molecule has 2 aromatic rings. The predicted molar refractivity (Wildman–Crippen MR) is 74.5 cm³/mol. The number of phenolic OH excluding ortho intramolecular Hbond substituents is 1. The first kappa shape index (κ1) is 15.0. The van der Waals surface area contributed by atoms with Crippen molar-refractivity contribution in [3.8, 4) is 5.75 Å². The highest BCUT2D eigenvalue weighted by Crippen LogP contribution is 2.27. The van der Waals surface area contributed by atoms with Crippen LogP contribution in [0, 0.1) is 11.6 Å². The van der Waals surface area contributed by atoms with E-state index in [2.05, 4.69) is 0 Å². The zero-order chi connectivity index (χ0) is 15.8. The van der Waals surface area contributed by atoms with Crippen LogP contribution in [-0.2, 0) is 10.0 Å². The maximum Gasteiger partial charge on any atom is 0.267 e. The number of halogens is 2. The van der Waals surface area contributed by atoms with Gasteiger partial charge in [0.2, 0.25) is 0 Å². The molecule has 0 spiro atoms. The summed E-state index contributed by atoms with van der Waals surface area (Å²) >= 11 is 0. The number of nitrogen functional groups attached to an aromatic ring is 1. The Hall–Kier alpha value is -2.35. The van der Waals surface area contributed by atoms with Crippen molar-refractivity contribution in [1.82, 2.24) is 0 Å². The fourth-order valence-electron chi connectivity index (χ4n) is 1.69. The monoisotopic (exact) mass is 314 g/mol. The van der Waals surface area contributed by atoms with Crippen LogP contribution in [0.1, 0.15) is 0 Å². The van der Waals surface area contributed by atoms with Crippen LogP contribution in [-0.4, -0.2) is 20.6 Å². The minimum absolute atomic E-state index is 0.0400. The van der Waals surface area contributed by atoms with Crippen LogP contribution < -0.4 is 10.0 Å². The number of rotatable bonds is 3. The standard InChI is InChI=1S/C13H12F2N2O3S/c1-17(8-2-4-9(18)5-3-8)21(19,20)13-7-12(16)10(14)6-11(13)15/h2-7,18H,16H2,1H3. The average Bonchev–Trinajstić information content (AvgIpc) is 2.42. The van der Waals surface area contributed by atoms with Gasteiger partial charge in [-0.05, 0) is 30.3 Å². The summed E-state index contributed by atoms with van der Waals surface area (Å²) in [6.45, 7) is 0. The van der Waals surface area contributed by atoms with Crippen molar-refractivity contribution < 1.29 is 22.3 Å². The van der Waals surface area contributed by atoms with E-state index in [9.17, 15) is 22.3 Å². The van der Waals surface area contributed by atoms with E-state index in [4.69, 9.17) is 5.73 Å². The predicted octanol–water partition coefficient (Wildman–Crippen LogP) is 2.08. The second-order valence-corrected chi connectivity index (χ2v) is 6.23. The number of benzene rings is 2. The highest BCUT2D eigenvalue weighted by Gasteiger charge is 2.26. The molecule has 0 amide bonds. The van der Waals surface area contributed by atoms with Crippen LogP contribution in [0.3, 0.4) is 0 Å². The molecule has 0 bridgehead atoms. The van der Waals surface area contributed by atoms with Gasteiger partial charge in [0, 0.05) is 13.1 Å². The van der Waals surface area contributed by atoms with Gasteiger partial charge in [0.25, 0.3) is 10.0 Å². The summed E-state index contributed by atoms with van der Waals surface area (Å²) < 4.78 is 52.3.